The van der Waals surface area contributed by atoms with Crippen LogP contribution in [-0.4, -0.2) is 47.2 Å². The number of rotatable bonds is 3. The van der Waals surface area contributed by atoms with Gasteiger partial charge in [0, 0.05) is 6.54 Å². The average Bonchev–Trinajstić information content (AvgIpc) is 2.97. The molecule has 0 spiro atoms. The molecule has 3 rings (SSSR count). The van der Waals surface area contributed by atoms with Crippen LogP contribution in [0.2, 0.25) is 0 Å². The Labute approximate surface area is 103 Å². The minimum absolute atomic E-state index is 0.142. The molecule has 0 radical (unpaired) electrons. The maximum Gasteiger partial charge on any atom is 0.236 e. The minimum atomic E-state index is -0.325. The summed E-state index contributed by atoms with van der Waals surface area (Å²) in [6.07, 6.45) is 3.30. The van der Waals surface area contributed by atoms with Gasteiger partial charge >= 0.3 is 0 Å². The number of imide groups is 1. The standard InChI is InChI=1S/C11H10N2O3S/c14-10-8-6-1-2-7(16-6)9(8)11(15)13(10)4-3-12-5-17/h1-2,6-9H,3-4H2. The van der Waals surface area contributed by atoms with Crippen molar-refractivity contribution in [3.8, 4) is 0 Å². The summed E-state index contributed by atoms with van der Waals surface area (Å²) in [5, 5.41) is 2.22. The molecule has 4 atom stereocenters. The monoisotopic (exact) mass is 250 g/mol. The summed E-state index contributed by atoms with van der Waals surface area (Å²) in [6, 6.07) is 0. The Balaban J connectivity index is 1.80. The number of carbonyl (C=O) groups excluding carboxylic acids is 2. The summed E-state index contributed by atoms with van der Waals surface area (Å²) < 4.78 is 5.52. The number of hydrogen-bond donors (Lipinski definition) is 0. The van der Waals surface area contributed by atoms with Gasteiger partial charge < -0.3 is 4.74 Å². The van der Waals surface area contributed by atoms with E-state index in [4.69, 9.17) is 4.74 Å². The lowest BCUT2D eigenvalue weighted by Gasteiger charge is -2.15. The third-order valence-corrected chi connectivity index (χ3v) is 3.63. The number of hydrogen-bond acceptors (Lipinski definition) is 5. The number of isothiocyanates is 1. The fourth-order valence-electron chi connectivity index (χ4n) is 2.78. The van der Waals surface area contributed by atoms with Crippen LogP contribution in [0.5, 0.6) is 0 Å². The number of ether oxygens (including phenoxy) is 1. The van der Waals surface area contributed by atoms with Gasteiger partial charge in [0.1, 0.15) is 0 Å². The van der Waals surface area contributed by atoms with Crippen LogP contribution < -0.4 is 0 Å². The fourth-order valence-corrected chi connectivity index (χ4v) is 2.87. The molecule has 5 nitrogen and oxygen atoms in total. The lowest BCUT2D eigenvalue weighted by molar-refractivity contribution is -0.142. The van der Waals surface area contributed by atoms with Crippen LogP contribution in [0.1, 0.15) is 0 Å². The van der Waals surface area contributed by atoms with Gasteiger partial charge in [-0.1, -0.05) is 12.2 Å². The Kier molecular flexibility index (Phi) is 2.43. The molecule has 0 aromatic heterocycles. The molecular formula is C11H10N2O3S. The minimum Gasteiger partial charge on any atom is -0.365 e. The smallest absolute Gasteiger partial charge is 0.236 e. The Morgan fingerprint density at radius 3 is 2.41 bits per heavy atom. The summed E-state index contributed by atoms with van der Waals surface area (Å²) in [7, 11) is 0. The van der Waals surface area contributed by atoms with Crippen LogP contribution in [0.15, 0.2) is 17.1 Å². The van der Waals surface area contributed by atoms with Crippen molar-refractivity contribution < 1.29 is 14.3 Å². The molecule has 0 aromatic carbocycles. The zero-order valence-corrected chi connectivity index (χ0v) is 9.72. The normalized spacial score (nSPS) is 37.5. The molecule has 0 aliphatic carbocycles. The average molecular weight is 250 g/mol. The molecule has 0 saturated carbocycles. The van der Waals surface area contributed by atoms with Gasteiger partial charge in [-0.25, -0.2) is 4.99 Å². The molecule has 0 aromatic rings. The van der Waals surface area contributed by atoms with Crippen molar-refractivity contribution in [2.24, 2.45) is 16.8 Å². The first-order valence-corrected chi connectivity index (χ1v) is 5.87. The molecule has 6 heteroatoms. The van der Waals surface area contributed by atoms with Crippen LogP contribution in [0.25, 0.3) is 0 Å². The molecule has 88 valence electrons. The Hall–Kier alpha value is -1.36. The van der Waals surface area contributed by atoms with Crippen LogP contribution >= 0.6 is 12.2 Å². The lowest BCUT2D eigenvalue weighted by atomic mass is 9.85. The van der Waals surface area contributed by atoms with Gasteiger partial charge in [-0.15, -0.1) is 0 Å². The molecule has 3 aliphatic rings. The third-order valence-electron chi connectivity index (χ3n) is 3.50. The highest BCUT2D eigenvalue weighted by molar-refractivity contribution is 7.78. The lowest BCUT2D eigenvalue weighted by Crippen LogP contribution is -2.36. The first-order valence-electron chi connectivity index (χ1n) is 5.46. The Bertz CT molecular complexity index is 439. The molecule has 4 unspecified atom stereocenters. The van der Waals surface area contributed by atoms with Crippen LogP contribution in [0, 0.1) is 11.8 Å². The zero-order chi connectivity index (χ0) is 12.0. The molecule has 2 saturated heterocycles. The molecule has 3 aliphatic heterocycles. The maximum atomic E-state index is 12.1. The van der Waals surface area contributed by atoms with Crippen molar-refractivity contribution in [1.82, 2.24) is 4.90 Å². The highest BCUT2D eigenvalue weighted by Crippen LogP contribution is 2.44. The predicted octanol–water partition coefficient (Wildman–Crippen LogP) is 0.0276. The first kappa shape index (κ1) is 10.8. The van der Waals surface area contributed by atoms with Crippen molar-refractivity contribution >= 4 is 29.2 Å². The molecular weight excluding hydrogens is 240 g/mol. The van der Waals surface area contributed by atoms with Crippen molar-refractivity contribution in [3.63, 3.8) is 0 Å². The molecule has 17 heavy (non-hydrogen) atoms. The van der Waals surface area contributed by atoms with E-state index in [0.29, 0.717) is 6.54 Å². The van der Waals surface area contributed by atoms with E-state index in [1.807, 2.05) is 12.2 Å². The summed E-state index contributed by atoms with van der Waals surface area (Å²) in [5.74, 6) is -0.934. The van der Waals surface area contributed by atoms with Crippen molar-refractivity contribution in [1.29, 1.82) is 0 Å². The molecule has 3 heterocycles. The van der Waals surface area contributed by atoms with Crippen molar-refractivity contribution in [2.75, 3.05) is 13.1 Å². The van der Waals surface area contributed by atoms with E-state index in [1.165, 1.54) is 4.90 Å². The van der Waals surface area contributed by atoms with Gasteiger partial charge in [0.05, 0.1) is 35.7 Å². The Morgan fingerprint density at radius 2 is 1.88 bits per heavy atom. The van der Waals surface area contributed by atoms with Gasteiger partial charge in [-0.05, 0) is 12.2 Å². The number of amides is 2. The van der Waals surface area contributed by atoms with Crippen LogP contribution in [0.3, 0.4) is 0 Å². The second-order valence-corrected chi connectivity index (χ2v) is 4.49. The van der Waals surface area contributed by atoms with Gasteiger partial charge in [0.15, 0.2) is 0 Å². The van der Waals surface area contributed by atoms with Gasteiger partial charge in [-0.2, -0.15) is 0 Å². The maximum absolute atomic E-state index is 12.1. The number of aliphatic imine (C=N–C) groups is 1. The predicted molar refractivity (Wildman–Crippen MR) is 61.4 cm³/mol. The van der Waals surface area contributed by atoms with E-state index in [1.54, 1.807) is 0 Å². The van der Waals surface area contributed by atoms with E-state index in [9.17, 15) is 9.59 Å². The second kappa shape index (κ2) is 3.84. The highest BCUT2D eigenvalue weighted by atomic mass is 32.1. The highest BCUT2D eigenvalue weighted by Gasteiger charge is 2.60. The van der Waals surface area contributed by atoms with Gasteiger partial charge in [-0.3, -0.25) is 14.5 Å². The van der Waals surface area contributed by atoms with E-state index in [2.05, 4.69) is 22.4 Å². The Morgan fingerprint density at radius 1 is 1.29 bits per heavy atom. The first-order chi connectivity index (χ1) is 8.24. The second-order valence-electron chi connectivity index (χ2n) is 4.30. The zero-order valence-electron chi connectivity index (χ0n) is 8.91. The van der Waals surface area contributed by atoms with Gasteiger partial charge in [0.2, 0.25) is 11.8 Å². The van der Waals surface area contributed by atoms with E-state index in [0.717, 1.165) is 0 Å². The van der Waals surface area contributed by atoms with Crippen molar-refractivity contribution in [3.05, 3.63) is 12.2 Å². The summed E-state index contributed by atoms with van der Waals surface area (Å²) in [6.45, 7) is 0.609. The summed E-state index contributed by atoms with van der Waals surface area (Å²) in [4.78, 5) is 29.2. The fraction of sp³-hybridized carbons (Fsp3) is 0.545. The van der Waals surface area contributed by atoms with Crippen molar-refractivity contribution in [2.45, 2.75) is 12.2 Å². The number of thiocarbonyl (C=S) groups is 1. The SMILES string of the molecule is O=C1C2C3C=CC(O3)C2C(=O)N1CCN=C=S. The summed E-state index contributed by atoms with van der Waals surface area (Å²) >= 11 is 4.44. The molecule has 0 N–H and O–H groups in total. The van der Waals surface area contributed by atoms with Crippen LogP contribution in [0.4, 0.5) is 0 Å². The number of likely N-dealkylation sites (tertiary alicyclic amines) is 1. The summed E-state index contributed by atoms with van der Waals surface area (Å²) in [5.41, 5.74) is 0. The number of nitrogens with zero attached hydrogens (tertiary/aromatic N) is 2. The topological polar surface area (TPSA) is 59.0 Å². The van der Waals surface area contributed by atoms with E-state index >= 15 is 0 Å². The number of fused-ring (bicyclic) bond motifs is 5. The largest absolute Gasteiger partial charge is 0.365 e. The van der Waals surface area contributed by atoms with Gasteiger partial charge in [0.25, 0.3) is 0 Å². The third kappa shape index (κ3) is 1.42. The number of carbonyl (C=O) groups is 2. The molecule has 2 bridgehead atoms. The molecule has 2 fully saturated rings. The van der Waals surface area contributed by atoms with E-state index in [-0.39, 0.29) is 42.4 Å². The quantitative estimate of drug-likeness (QED) is 0.307. The van der Waals surface area contributed by atoms with Crippen LogP contribution in [-0.2, 0) is 14.3 Å². The molecule has 2 amide bonds. The van der Waals surface area contributed by atoms with E-state index < -0.39 is 0 Å².